The third kappa shape index (κ3) is 9.30. The fourth-order valence-corrected chi connectivity index (χ4v) is 1.67. The van der Waals surface area contributed by atoms with E-state index >= 15 is 0 Å². The van der Waals surface area contributed by atoms with Gasteiger partial charge in [-0.1, -0.05) is 29.8 Å². The second-order valence-corrected chi connectivity index (χ2v) is 5.41. The standard InChI is InChI=1S/C11H25BrN2O/c1-10(2)8-14(6-5-13(3)4)9-11(15)7-12/h10-11,15H,5-9H2,1-4H3. The van der Waals surface area contributed by atoms with Gasteiger partial charge in [0.25, 0.3) is 0 Å². The lowest BCUT2D eigenvalue weighted by Crippen LogP contribution is -2.39. The van der Waals surface area contributed by atoms with Crippen LogP contribution in [-0.4, -0.2) is 66.6 Å². The number of alkyl halides is 1. The SMILES string of the molecule is CC(C)CN(CCN(C)C)CC(O)CBr. The largest absolute Gasteiger partial charge is 0.391 e. The number of halogens is 1. The van der Waals surface area contributed by atoms with Crippen LogP contribution in [0.5, 0.6) is 0 Å². The van der Waals surface area contributed by atoms with Gasteiger partial charge in [0.15, 0.2) is 0 Å². The van der Waals surface area contributed by atoms with Crippen molar-refractivity contribution in [1.82, 2.24) is 9.80 Å². The van der Waals surface area contributed by atoms with Gasteiger partial charge in [-0.3, -0.25) is 4.90 Å². The molecule has 0 aromatic rings. The van der Waals surface area contributed by atoms with Crippen LogP contribution in [0.2, 0.25) is 0 Å². The highest BCUT2D eigenvalue weighted by molar-refractivity contribution is 9.09. The van der Waals surface area contributed by atoms with E-state index in [-0.39, 0.29) is 6.10 Å². The zero-order chi connectivity index (χ0) is 11.8. The zero-order valence-corrected chi connectivity index (χ0v) is 12.0. The highest BCUT2D eigenvalue weighted by Crippen LogP contribution is 2.02. The van der Waals surface area contributed by atoms with E-state index in [0.29, 0.717) is 11.2 Å². The van der Waals surface area contributed by atoms with Crippen molar-refractivity contribution < 1.29 is 5.11 Å². The highest BCUT2D eigenvalue weighted by atomic mass is 79.9. The third-order valence-electron chi connectivity index (χ3n) is 2.13. The van der Waals surface area contributed by atoms with Crippen LogP contribution in [0.4, 0.5) is 0 Å². The summed E-state index contributed by atoms with van der Waals surface area (Å²) in [7, 11) is 4.16. The van der Waals surface area contributed by atoms with Gasteiger partial charge in [-0.25, -0.2) is 0 Å². The summed E-state index contributed by atoms with van der Waals surface area (Å²) in [6, 6.07) is 0. The van der Waals surface area contributed by atoms with Crippen molar-refractivity contribution in [3.63, 3.8) is 0 Å². The number of likely N-dealkylation sites (N-methyl/N-ethyl adjacent to an activating group) is 1. The van der Waals surface area contributed by atoms with Gasteiger partial charge in [-0.05, 0) is 20.0 Å². The van der Waals surface area contributed by atoms with Crippen molar-refractivity contribution in [2.75, 3.05) is 45.6 Å². The van der Waals surface area contributed by atoms with Gasteiger partial charge in [0.1, 0.15) is 0 Å². The monoisotopic (exact) mass is 280 g/mol. The van der Waals surface area contributed by atoms with Gasteiger partial charge in [-0.2, -0.15) is 0 Å². The molecule has 1 N–H and O–H groups in total. The molecule has 1 atom stereocenters. The molecule has 0 aliphatic carbocycles. The molecule has 0 rings (SSSR count). The van der Waals surface area contributed by atoms with Crippen LogP contribution in [0.25, 0.3) is 0 Å². The first-order valence-corrected chi connectivity index (χ1v) is 6.69. The number of aliphatic hydroxyl groups excluding tert-OH is 1. The first-order chi connectivity index (χ1) is 6.95. The van der Waals surface area contributed by atoms with E-state index in [1.807, 2.05) is 0 Å². The minimum atomic E-state index is -0.258. The predicted octanol–water partition coefficient (Wildman–Crippen LogP) is 1.26. The van der Waals surface area contributed by atoms with Gasteiger partial charge in [-0.15, -0.1) is 0 Å². The molecule has 0 aromatic carbocycles. The summed E-state index contributed by atoms with van der Waals surface area (Å²) in [5, 5.41) is 10.3. The van der Waals surface area contributed by atoms with Crippen molar-refractivity contribution in [2.45, 2.75) is 20.0 Å². The lowest BCUT2D eigenvalue weighted by atomic mass is 10.2. The number of aliphatic hydroxyl groups is 1. The van der Waals surface area contributed by atoms with Crippen LogP contribution in [0.1, 0.15) is 13.8 Å². The molecule has 0 saturated carbocycles. The second-order valence-electron chi connectivity index (χ2n) is 4.76. The maximum atomic E-state index is 9.60. The topological polar surface area (TPSA) is 26.7 Å². The molecule has 4 heteroatoms. The zero-order valence-electron chi connectivity index (χ0n) is 10.4. The molecule has 0 spiro atoms. The Morgan fingerprint density at radius 2 is 1.73 bits per heavy atom. The van der Waals surface area contributed by atoms with Crippen LogP contribution in [0, 0.1) is 5.92 Å². The van der Waals surface area contributed by atoms with E-state index in [9.17, 15) is 5.11 Å². The lowest BCUT2D eigenvalue weighted by molar-refractivity contribution is 0.117. The molecule has 0 aliphatic heterocycles. The first-order valence-electron chi connectivity index (χ1n) is 5.56. The molecule has 0 aliphatic rings. The van der Waals surface area contributed by atoms with Gasteiger partial charge in [0.05, 0.1) is 6.10 Å². The molecule has 3 nitrogen and oxygen atoms in total. The Kier molecular flexibility index (Phi) is 8.71. The Bertz CT molecular complexity index is 154. The Morgan fingerprint density at radius 1 is 1.13 bits per heavy atom. The van der Waals surface area contributed by atoms with Gasteiger partial charge < -0.3 is 10.0 Å². The fraction of sp³-hybridized carbons (Fsp3) is 1.00. The predicted molar refractivity (Wildman–Crippen MR) is 69.6 cm³/mol. The van der Waals surface area contributed by atoms with Crippen LogP contribution in [-0.2, 0) is 0 Å². The molecular weight excluding hydrogens is 256 g/mol. The van der Waals surface area contributed by atoms with E-state index < -0.39 is 0 Å². The summed E-state index contributed by atoms with van der Waals surface area (Å²) in [5.74, 6) is 0.648. The molecule has 0 amide bonds. The second kappa shape index (κ2) is 8.50. The van der Waals surface area contributed by atoms with E-state index in [2.05, 4.69) is 53.7 Å². The highest BCUT2D eigenvalue weighted by Gasteiger charge is 2.12. The van der Waals surface area contributed by atoms with Crippen molar-refractivity contribution in [3.8, 4) is 0 Å². The van der Waals surface area contributed by atoms with E-state index in [0.717, 1.165) is 26.2 Å². The molecule has 0 radical (unpaired) electrons. The molecule has 92 valence electrons. The van der Waals surface area contributed by atoms with E-state index in [4.69, 9.17) is 0 Å². The number of hydrogen-bond donors (Lipinski definition) is 1. The van der Waals surface area contributed by atoms with Gasteiger partial charge >= 0.3 is 0 Å². The lowest BCUT2D eigenvalue weighted by Gasteiger charge is -2.27. The summed E-state index contributed by atoms with van der Waals surface area (Å²) in [5.41, 5.74) is 0. The third-order valence-corrected chi connectivity index (χ3v) is 2.88. The molecular formula is C11H25BrN2O. The Morgan fingerprint density at radius 3 is 2.13 bits per heavy atom. The number of nitrogens with zero attached hydrogens (tertiary/aromatic N) is 2. The Balaban J connectivity index is 3.94. The van der Waals surface area contributed by atoms with Gasteiger partial charge in [0, 0.05) is 31.5 Å². The molecule has 0 saturated heterocycles. The minimum Gasteiger partial charge on any atom is -0.391 e. The molecule has 0 heterocycles. The van der Waals surface area contributed by atoms with Crippen LogP contribution < -0.4 is 0 Å². The Labute approximate surface area is 103 Å². The average molecular weight is 281 g/mol. The van der Waals surface area contributed by atoms with Crippen molar-refractivity contribution >= 4 is 15.9 Å². The smallest absolute Gasteiger partial charge is 0.0763 e. The molecule has 0 aromatic heterocycles. The summed E-state index contributed by atoms with van der Waals surface area (Å²) < 4.78 is 0. The first kappa shape index (κ1) is 15.4. The maximum absolute atomic E-state index is 9.60. The quantitative estimate of drug-likeness (QED) is 0.679. The molecule has 15 heavy (non-hydrogen) atoms. The van der Waals surface area contributed by atoms with Crippen LogP contribution in [0.3, 0.4) is 0 Å². The van der Waals surface area contributed by atoms with Crippen molar-refractivity contribution in [2.24, 2.45) is 5.92 Å². The van der Waals surface area contributed by atoms with E-state index in [1.165, 1.54) is 0 Å². The van der Waals surface area contributed by atoms with Crippen molar-refractivity contribution in [3.05, 3.63) is 0 Å². The van der Waals surface area contributed by atoms with Crippen LogP contribution in [0.15, 0.2) is 0 Å². The summed E-state index contributed by atoms with van der Waals surface area (Å²) in [6.07, 6.45) is -0.258. The number of hydrogen-bond acceptors (Lipinski definition) is 3. The maximum Gasteiger partial charge on any atom is 0.0763 e. The fourth-order valence-electron chi connectivity index (χ4n) is 1.46. The Hall–Kier alpha value is 0.360. The van der Waals surface area contributed by atoms with Gasteiger partial charge in [0.2, 0.25) is 0 Å². The van der Waals surface area contributed by atoms with E-state index in [1.54, 1.807) is 0 Å². The normalized spacial score (nSPS) is 14.2. The average Bonchev–Trinajstić information content (AvgIpc) is 2.13. The summed E-state index contributed by atoms with van der Waals surface area (Å²) in [6.45, 7) is 8.30. The molecule has 1 unspecified atom stereocenters. The van der Waals surface area contributed by atoms with Crippen molar-refractivity contribution in [1.29, 1.82) is 0 Å². The summed E-state index contributed by atoms with van der Waals surface area (Å²) >= 11 is 3.30. The summed E-state index contributed by atoms with van der Waals surface area (Å²) in [4.78, 5) is 4.50. The minimum absolute atomic E-state index is 0.258. The number of rotatable bonds is 8. The molecule has 0 fully saturated rings. The molecule has 0 bridgehead atoms. The van der Waals surface area contributed by atoms with Crippen LogP contribution >= 0.6 is 15.9 Å².